The zero-order valence-corrected chi connectivity index (χ0v) is 30.5. The first-order chi connectivity index (χ1) is 21.4. The SMILES string of the molecule is CC(C)(C)c1c[c-]c(-c2ccc(C(C)(C)C)cn2)cc1.CC1(C)c2ccc3ccccc3c2-c2ccnc(-c3[c-]cccc3)c21.[Ir]. The number of pyridine rings is 2. The van der Waals surface area contributed by atoms with Gasteiger partial charge in [-0.15, -0.1) is 71.3 Å². The Kier molecular flexibility index (Phi) is 9.24. The molecule has 2 aromatic heterocycles. The summed E-state index contributed by atoms with van der Waals surface area (Å²) in [5.41, 5.74) is 12.3. The van der Waals surface area contributed by atoms with E-state index in [-0.39, 0.29) is 36.4 Å². The molecule has 0 spiro atoms. The average molecular weight is 779 g/mol. The van der Waals surface area contributed by atoms with Crippen molar-refractivity contribution in [3.8, 4) is 33.6 Å². The van der Waals surface area contributed by atoms with E-state index in [0.717, 1.165) is 22.5 Å². The molecule has 2 nitrogen and oxygen atoms in total. The second kappa shape index (κ2) is 12.7. The topological polar surface area (TPSA) is 25.8 Å². The Morgan fingerprint density at radius 1 is 0.652 bits per heavy atom. The molecule has 1 aliphatic rings. The fraction of sp³-hybridized carbons (Fsp3) is 0.256. The average Bonchev–Trinajstić information content (AvgIpc) is 3.28. The maximum atomic E-state index is 4.75. The van der Waals surface area contributed by atoms with E-state index in [4.69, 9.17) is 4.98 Å². The Morgan fingerprint density at radius 3 is 2.00 bits per heavy atom. The maximum Gasteiger partial charge on any atom is 0.0198 e. The largest absolute Gasteiger partial charge is 0.304 e. The summed E-state index contributed by atoms with van der Waals surface area (Å²) in [6.07, 6.45) is 3.91. The number of nitrogens with zero attached hydrogens (tertiary/aromatic N) is 2. The van der Waals surface area contributed by atoms with Gasteiger partial charge in [0.05, 0.1) is 0 Å². The predicted octanol–water partition coefficient (Wildman–Crippen LogP) is 11.1. The molecule has 46 heavy (non-hydrogen) atoms. The van der Waals surface area contributed by atoms with Crippen molar-refractivity contribution >= 4 is 10.8 Å². The molecule has 2 heterocycles. The van der Waals surface area contributed by atoms with E-state index in [0.29, 0.717) is 0 Å². The van der Waals surface area contributed by atoms with Gasteiger partial charge in [0, 0.05) is 37.9 Å². The summed E-state index contributed by atoms with van der Waals surface area (Å²) in [6.45, 7) is 17.9. The van der Waals surface area contributed by atoms with Crippen molar-refractivity contribution < 1.29 is 20.1 Å². The van der Waals surface area contributed by atoms with Gasteiger partial charge >= 0.3 is 0 Å². The van der Waals surface area contributed by atoms with E-state index in [9.17, 15) is 0 Å². The van der Waals surface area contributed by atoms with Crippen molar-refractivity contribution in [1.82, 2.24) is 9.97 Å². The van der Waals surface area contributed by atoms with Crippen LogP contribution in [0.4, 0.5) is 0 Å². The molecule has 235 valence electrons. The van der Waals surface area contributed by atoms with Gasteiger partial charge in [-0.1, -0.05) is 104 Å². The molecule has 6 aromatic rings. The molecule has 0 aliphatic heterocycles. The molecule has 7 rings (SSSR count). The van der Waals surface area contributed by atoms with Crippen LogP contribution in [0.3, 0.4) is 0 Å². The smallest absolute Gasteiger partial charge is 0.0198 e. The Hall–Kier alpha value is -3.91. The van der Waals surface area contributed by atoms with Crippen LogP contribution < -0.4 is 0 Å². The number of aromatic nitrogens is 2. The maximum absolute atomic E-state index is 4.75. The first kappa shape index (κ1) is 33.5. The van der Waals surface area contributed by atoms with Crippen molar-refractivity contribution in [3.05, 3.63) is 144 Å². The minimum atomic E-state index is -0.0814. The van der Waals surface area contributed by atoms with Crippen LogP contribution in [0.1, 0.15) is 77.6 Å². The summed E-state index contributed by atoms with van der Waals surface area (Å²) < 4.78 is 0. The van der Waals surface area contributed by atoms with Gasteiger partial charge in [0.15, 0.2) is 0 Å². The molecule has 0 unspecified atom stereocenters. The molecule has 3 heteroatoms. The molecule has 0 bridgehead atoms. The van der Waals surface area contributed by atoms with Gasteiger partial charge in [-0.3, -0.25) is 0 Å². The standard InChI is InChI=1S/C24H18N.C19H24N.Ir/c1-24(2)20-13-12-16-8-6-7-11-18(16)21(20)19-14-15-25-23(22(19)24)17-9-4-3-5-10-17;1-18(2,3)15-9-7-14(8-10-15)17-12-11-16(13-20-17)19(4,5)6;/h3-9,11-15H,1-2H3;7,9-13H,1-6H3;/q2*-1;. The van der Waals surface area contributed by atoms with E-state index < -0.39 is 0 Å². The van der Waals surface area contributed by atoms with E-state index in [1.165, 1.54) is 44.2 Å². The molecule has 1 radical (unpaired) electrons. The molecular weight excluding hydrogens is 737 g/mol. The molecule has 0 atom stereocenters. The Bertz CT molecular complexity index is 1900. The number of benzene rings is 4. The molecule has 4 aromatic carbocycles. The first-order valence-corrected chi connectivity index (χ1v) is 15.8. The third kappa shape index (κ3) is 6.37. The fourth-order valence-electron chi connectivity index (χ4n) is 6.31. The molecular formula is C43H42IrN2-2. The van der Waals surface area contributed by atoms with Gasteiger partial charge in [-0.25, -0.2) is 0 Å². The normalized spacial score (nSPS) is 13.2. The Balaban J connectivity index is 0.000000182. The number of fused-ring (bicyclic) bond motifs is 5. The molecule has 0 saturated heterocycles. The predicted molar refractivity (Wildman–Crippen MR) is 189 cm³/mol. The zero-order valence-electron chi connectivity index (χ0n) is 28.1. The van der Waals surface area contributed by atoms with Gasteiger partial charge in [-0.2, -0.15) is 0 Å². The third-order valence-corrected chi connectivity index (χ3v) is 9.00. The third-order valence-electron chi connectivity index (χ3n) is 9.00. The summed E-state index contributed by atoms with van der Waals surface area (Å²) in [7, 11) is 0. The zero-order chi connectivity index (χ0) is 32.0. The van der Waals surface area contributed by atoms with Crippen LogP contribution in [-0.2, 0) is 36.4 Å². The molecule has 0 fully saturated rings. The van der Waals surface area contributed by atoms with Gasteiger partial charge in [0.2, 0.25) is 0 Å². The van der Waals surface area contributed by atoms with Crippen LogP contribution in [0.2, 0.25) is 0 Å². The Morgan fingerprint density at radius 2 is 1.37 bits per heavy atom. The van der Waals surface area contributed by atoms with Crippen LogP contribution in [0.15, 0.2) is 109 Å². The van der Waals surface area contributed by atoms with Crippen LogP contribution in [0.5, 0.6) is 0 Å². The van der Waals surface area contributed by atoms with Crippen molar-refractivity contribution in [3.63, 3.8) is 0 Å². The monoisotopic (exact) mass is 779 g/mol. The van der Waals surface area contributed by atoms with Crippen LogP contribution in [0, 0.1) is 12.1 Å². The second-order valence-corrected chi connectivity index (χ2v) is 14.6. The molecule has 0 amide bonds. The van der Waals surface area contributed by atoms with Crippen LogP contribution in [-0.4, -0.2) is 9.97 Å². The molecule has 0 saturated carbocycles. The first-order valence-electron chi connectivity index (χ1n) is 15.8. The minimum Gasteiger partial charge on any atom is -0.304 e. The van der Waals surface area contributed by atoms with E-state index in [1.54, 1.807) is 0 Å². The quantitative estimate of drug-likeness (QED) is 0.164. The summed E-state index contributed by atoms with van der Waals surface area (Å²) in [4.78, 5) is 9.32. The number of hydrogen-bond acceptors (Lipinski definition) is 2. The van der Waals surface area contributed by atoms with Crippen LogP contribution >= 0.6 is 0 Å². The fourth-order valence-corrected chi connectivity index (χ4v) is 6.31. The van der Waals surface area contributed by atoms with Crippen LogP contribution in [0.25, 0.3) is 44.4 Å². The van der Waals surface area contributed by atoms with Gasteiger partial charge in [0.25, 0.3) is 0 Å². The number of hydrogen-bond donors (Lipinski definition) is 0. The van der Waals surface area contributed by atoms with Gasteiger partial charge in [-0.05, 0) is 66.9 Å². The summed E-state index contributed by atoms with van der Waals surface area (Å²) in [5.74, 6) is 0. The molecule has 1 aliphatic carbocycles. The summed E-state index contributed by atoms with van der Waals surface area (Å²) >= 11 is 0. The number of rotatable bonds is 2. The van der Waals surface area contributed by atoms with Crippen molar-refractivity contribution in [2.24, 2.45) is 0 Å². The van der Waals surface area contributed by atoms with E-state index >= 15 is 0 Å². The van der Waals surface area contributed by atoms with E-state index in [1.807, 2.05) is 24.5 Å². The van der Waals surface area contributed by atoms with Gasteiger partial charge < -0.3 is 9.97 Å². The minimum absolute atomic E-state index is 0. The second-order valence-electron chi connectivity index (χ2n) is 14.6. The van der Waals surface area contributed by atoms with Crippen molar-refractivity contribution in [2.75, 3.05) is 0 Å². The summed E-state index contributed by atoms with van der Waals surface area (Å²) in [6, 6.07) is 40.8. The Labute approximate surface area is 288 Å². The van der Waals surface area contributed by atoms with E-state index in [2.05, 4.69) is 157 Å². The van der Waals surface area contributed by atoms with Crippen molar-refractivity contribution in [2.45, 2.75) is 71.6 Å². The van der Waals surface area contributed by atoms with Gasteiger partial charge in [0.1, 0.15) is 0 Å². The molecule has 0 N–H and O–H groups in total. The van der Waals surface area contributed by atoms with Crippen molar-refractivity contribution in [1.29, 1.82) is 0 Å². The summed E-state index contributed by atoms with van der Waals surface area (Å²) in [5, 5.41) is 2.61.